The van der Waals surface area contributed by atoms with Crippen molar-refractivity contribution in [1.82, 2.24) is 0 Å². The summed E-state index contributed by atoms with van der Waals surface area (Å²) in [6.45, 7) is 7.61. The van der Waals surface area contributed by atoms with Gasteiger partial charge in [0, 0.05) is 5.57 Å². The van der Waals surface area contributed by atoms with Crippen LogP contribution in [0, 0.1) is 0 Å². The van der Waals surface area contributed by atoms with Crippen molar-refractivity contribution in [1.29, 1.82) is 0 Å². The number of hydrogen-bond donors (Lipinski definition) is 0. The molecule has 0 unspecified atom stereocenters. The van der Waals surface area contributed by atoms with Crippen LogP contribution in [-0.4, -0.2) is 25.8 Å². The van der Waals surface area contributed by atoms with Gasteiger partial charge < -0.3 is 9.47 Å². The lowest BCUT2D eigenvalue weighted by Gasteiger charge is -2.17. The van der Waals surface area contributed by atoms with Crippen LogP contribution in [0.15, 0.2) is 22.2 Å². The second kappa shape index (κ2) is 8.48. The van der Waals surface area contributed by atoms with Crippen LogP contribution in [-0.2, 0) is 14.3 Å². The minimum atomic E-state index is -0.271. The molecule has 0 N–H and O–H groups in total. The Morgan fingerprint density at radius 1 is 1.39 bits per heavy atom. The number of carbonyl (C=O) groups is 1. The monoisotopic (exact) mass is 316 g/mol. The Morgan fingerprint density at radius 3 is 2.67 bits per heavy atom. The van der Waals surface area contributed by atoms with E-state index in [0.29, 0.717) is 18.6 Å². The number of halogens is 1. The summed E-state index contributed by atoms with van der Waals surface area (Å²) >= 11 is 3.64. The Balaban J connectivity index is 2.28. The number of ether oxygens (including phenoxy) is 2. The van der Waals surface area contributed by atoms with E-state index in [-0.39, 0.29) is 5.97 Å². The van der Waals surface area contributed by atoms with Crippen molar-refractivity contribution in [2.45, 2.75) is 39.0 Å². The Bertz CT molecular complexity index is 326. The van der Waals surface area contributed by atoms with Crippen LogP contribution in [0.4, 0.5) is 0 Å². The number of hydrogen-bond acceptors (Lipinski definition) is 3. The lowest BCUT2D eigenvalue weighted by atomic mass is 10.0. The lowest BCUT2D eigenvalue weighted by molar-refractivity contribution is -0.138. The molecule has 0 radical (unpaired) electrons. The predicted octanol–water partition coefficient (Wildman–Crippen LogP) is 3.74. The zero-order valence-corrected chi connectivity index (χ0v) is 12.6. The molecule has 1 aliphatic heterocycles. The first-order valence-electron chi connectivity index (χ1n) is 6.44. The molecule has 1 aliphatic rings. The first kappa shape index (κ1) is 15.4. The van der Waals surface area contributed by atoms with E-state index in [0.717, 1.165) is 38.9 Å². The average molecular weight is 317 g/mol. The normalized spacial score (nSPS) is 15.3. The zero-order chi connectivity index (χ0) is 13.4. The first-order chi connectivity index (χ1) is 8.65. The highest BCUT2D eigenvalue weighted by molar-refractivity contribution is 9.11. The third-order valence-corrected chi connectivity index (χ3v) is 3.88. The number of carbonyl (C=O) groups excluding carboxylic acids is 1. The summed E-state index contributed by atoms with van der Waals surface area (Å²) in [6, 6.07) is 0. The highest BCUT2D eigenvalue weighted by Gasteiger charge is 2.11. The van der Waals surface area contributed by atoms with Gasteiger partial charge in [-0.2, -0.15) is 0 Å². The molecule has 0 bridgehead atoms. The van der Waals surface area contributed by atoms with E-state index in [2.05, 4.69) is 22.5 Å². The van der Waals surface area contributed by atoms with Gasteiger partial charge in [0.25, 0.3) is 0 Å². The van der Waals surface area contributed by atoms with Gasteiger partial charge in [0.2, 0.25) is 0 Å². The molecule has 1 saturated heterocycles. The van der Waals surface area contributed by atoms with Crippen molar-refractivity contribution in [3.63, 3.8) is 0 Å². The summed E-state index contributed by atoms with van der Waals surface area (Å²) in [4.78, 5) is 11.4. The van der Waals surface area contributed by atoms with E-state index in [9.17, 15) is 4.79 Å². The molecule has 18 heavy (non-hydrogen) atoms. The van der Waals surface area contributed by atoms with Crippen molar-refractivity contribution in [3.8, 4) is 0 Å². The molecule has 1 fully saturated rings. The summed E-state index contributed by atoms with van der Waals surface area (Å²) in [5, 5.41) is 0. The van der Waals surface area contributed by atoms with Crippen LogP contribution in [0.25, 0.3) is 0 Å². The maximum Gasteiger partial charge on any atom is 0.333 e. The van der Waals surface area contributed by atoms with Crippen LogP contribution in [0.5, 0.6) is 0 Å². The number of allylic oxidation sites excluding steroid dienone is 1. The molecular weight excluding hydrogens is 296 g/mol. The van der Waals surface area contributed by atoms with Gasteiger partial charge >= 0.3 is 5.97 Å². The SMILES string of the molecule is C=C(CCCC(Br)=C1CCOCC1)C(=O)OCC. The standard InChI is InChI=1S/C14H21BrO3/c1-3-18-14(16)11(2)5-4-6-13(15)12-7-9-17-10-8-12/h2-10H2,1H3. The molecule has 0 aromatic carbocycles. The average Bonchev–Trinajstić information content (AvgIpc) is 2.39. The highest BCUT2D eigenvalue weighted by atomic mass is 79.9. The third kappa shape index (κ3) is 5.36. The van der Waals surface area contributed by atoms with Crippen LogP contribution >= 0.6 is 15.9 Å². The van der Waals surface area contributed by atoms with Crippen molar-refractivity contribution >= 4 is 21.9 Å². The highest BCUT2D eigenvalue weighted by Crippen LogP contribution is 2.26. The van der Waals surface area contributed by atoms with E-state index in [1.54, 1.807) is 6.92 Å². The molecule has 0 aromatic rings. The molecule has 0 saturated carbocycles. The molecule has 102 valence electrons. The molecule has 0 aromatic heterocycles. The van der Waals surface area contributed by atoms with E-state index < -0.39 is 0 Å². The molecule has 3 nitrogen and oxygen atoms in total. The van der Waals surface area contributed by atoms with E-state index in [1.807, 2.05) is 0 Å². The van der Waals surface area contributed by atoms with Gasteiger partial charge in [0.1, 0.15) is 0 Å². The van der Waals surface area contributed by atoms with E-state index in [4.69, 9.17) is 9.47 Å². The van der Waals surface area contributed by atoms with E-state index >= 15 is 0 Å². The Hall–Kier alpha value is -0.610. The minimum Gasteiger partial charge on any atom is -0.463 e. The summed E-state index contributed by atoms with van der Waals surface area (Å²) in [5.41, 5.74) is 2.01. The van der Waals surface area contributed by atoms with Gasteiger partial charge in [-0.05, 0) is 43.5 Å². The molecule has 0 atom stereocenters. The Labute approximate surface area is 117 Å². The van der Waals surface area contributed by atoms with Crippen LogP contribution in [0.2, 0.25) is 0 Å². The lowest BCUT2D eigenvalue weighted by Crippen LogP contribution is -2.08. The van der Waals surface area contributed by atoms with Crippen LogP contribution in [0.1, 0.15) is 39.0 Å². The first-order valence-corrected chi connectivity index (χ1v) is 7.23. The summed E-state index contributed by atoms with van der Waals surface area (Å²) < 4.78 is 11.5. The molecule has 1 rings (SSSR count). The summed E-state index contributed by atoms with van der Waals surface area (Å²) in [6.07, 6.45) is 4.59. The van der Waals surface area contributed by atoms with Crippen molar-refractivity contribution in [2.24, 2.45) is 0 Å². The topological polar surface area (TPSA) is 35.5 Å². The molecule has 0 aliphatic carbocycles. The second-order valence-electron chi connectivity index (χ2n) is 4.30. The van der Waals surface area contributed by atoms with Gasteiger partial charge in [-0.1, -0.05) is 28.1 Å². The van der Waals surface area contributed by atoms with E-state index in [1.165, 1.54) is 10.1 Å². The number of rotatable bonds is 6. The maximum absolute atomic E-state index is 11.4. The molecule has 1 heterocycles. The van der Waals surface area contributed by atoms with Gasteiger partial charge in [-0.15, -0.1) is 0 Å². The minimum absolute atomic E-state index is 0.271. The van der Waals surface area contributed by atoms with Gasteiger partial charge in [-0.3, -0.25) is 0 Å². The quantitative estimate of drug-likeness (QED) is 0.553. The Kier molecular flexibility index (Phi) is 7.28. The fourth-order valence-electron chi connectivity index (χ4n) is 1.86. The van der Waals surface area contributed by atoms with Gasteiger partial charge in [0.15, 0.2) is 0 Å². The van der Waals surface area contributed by atoms with Gasteiger partial charge in [-0.25, -0.2) is 4.79 Å². The smallest absolute Gasteiger partial charge is 0.333 e. The van der Waals surface area contributed by atoms with Crippen molar-refractivity contribution < 1.29 is 14.3 Å². The maximum atomic E-state index is 11.4. The predicted molar refractivity (Wildman–Crippen MR) is 75.6 cm³/mol. The fourth-order valence-corrected chi connectivity index (χ4v) is 2.53. The fraction of sp³-hybridized carbons (Fsp3) is 0.643. The summed E-state index contributed by atoms with van der Waals surface area (Å²) in [5.74, 6) is -0.271. The van der Waals surface area contributed by atoms with Crippen LogP contribution < -0.4 is 0 Å². The molecule has 4 heteroatoms. The molecule has 0 spiro atoms. The van der Waals surface area contributed by atoms with Crippen molar-refractivity contribution in [3.05, 3.63) is 22.2 Å². The van der Waals surface area contributed by atoms with Crippen LogP contribution in [0.3, 0.4) is 0 Å². The van der Waals surface area contributed by atoms with Gasteiger partial charge in [0.05, 0.1) is 19.8 Å². The second-order valence-corrected chi connectivity index (χ2v) is 5.26. The van der Waals surface area contributed by atoms with Crippen molar-refractivity contribution in [2.75, 3.05) is 19.8 Å². The summed E-state index contributed by atoms with van der Waals surface area (Å²) in [7, 11) is 0. The molecule has 0 amide bonds. The third-order valence-electron chi connectivity index (χ3n) is 2.92. The Morgan fingerprint density at radius 2 is 2.06 bits per heavy atom. The zero-order valence-electron chi connectivity index (χ0n) is 11.0. The number of esters is 1. The molecular formula is C14H21BrO3. The largest absolute Gasteiger partial charge is 0.463 e.